The van der Waals surface area contributed by atoms with Crippen molar-refractivity contribution in [3.05, 3.63) is 29.8 Å². The third-order valence-electron chi connectivity index (χ3n) is 4.88. The van der Waals surface area contributed by atoms with Crippen LogP contribution in [-0.2, 0) is 9.53 Å². The molecule has 0 radical (unpaired) electrons. The zero-order chi connectivity index (χ0) is 17.7. The van der Waals surface area contributed by atoms with Crippen molar-refractivity contribution in [2.75, 3.05) is 50.1 Å². The maximum atomic E-state index is 12.7. The fourth-order valence-corrected chi connectivity index (χ4v) is 4.18. The molecule has 2 heterocycles. The number of carbonyl (C=O) groups is 2. The Hall–Kier alpha value is -1.28. The van der Waals surface area contributed by atoms with Gasteiger partial charge in [0.2, 0.25) is 0 Å². The molecule has 8 heteroatoms. The minimum Gasteiger partial charge on any atom is -0.368 e. The molecule has 2 amide bonds. The molecule has 26 heavy (non-hydrogen) atoms. The van der Waals surface area contributed by atoms with E-state index in [9.17, 15) is 9.59 Å². The maximum Gasteiger partial charge on any atom is 0.256 e. The molecule has 144 valence electrons. The lowest BCUT2D eigenvalue weighted by molar-refractivity contribution is -0.140. The predicted octanol–water partition coefficient (Wildman–Crippen LogP) is 2.00. The number of ether oxygens (including phenoxy) is 1. The number of amides is 2. The van der Waals surface area contributed by atoms with Crippen LogP contribution in [0.4, 0.5) is 5.69 Å². The van der Waals surface area contributed by atoms with Crippen molar-refractivity contribution in [1.82, 2.24) is 10.2 Å². The van der Waals surface area contributed by atoms with Gasteiger partial charge in [0.1, 0.15) is 5.60 Å². The van der Waals surface area contributed by atoms with Gasteiger partial charge in [-0.2, -0.15) is 11.8 Å². The fourth-order valence-electron chi connectivity index (χ4n) is 3.28. The van der Waals surface area contributed by atoms with Crippen molar-refractivity contribution in [2.45, 2.75) is 18.4 Å². The molecule has 0 aliphatic carbocycles. The van der Waals surface area contributed by atoms with E-state index in [1.807, 2.05) is 28.8 Å². The molecule has 0 saturated carbocycles. The maximum absolute atomic E-state index is 12.7. The molecule has 2 saturated heterocycles. The smallest absolute Gasteiger partial charge is 0.256 e. The van der Waals surface area contributed by atoms with E-state index in [4.69, 9.17) is 4.74 Å². The van der Waals surface area contributed by atoms with Gasteiger partial charge in [0, 0.05) is 43.0 Å². The second-order valence-corrected chi connectivity index (χ2v) is 7.61. The van der Waals surface area contributed by atoms with Crippen molar-refractivity contribution >= 4 is 41.7 Å². The Kier molecular flexibility index (Phi) is 7.76. The zero-order valence-corrected chi connectivity index (χ0v) is 16.6. The predicted molar refractivity (Wildman–Crippen MR) is 107 cm³/mol. The van der Waals surface area contributed by atoms with Gasteiger partial charge in [0.05, 0.1) is 0 Å². The van der Waals surface area contributed by atoms with Gasteiger partial charge in [0.15, 0.2) is 0 Å². The number of piperidine rings is 1. The number of anilines is 1. The Morgan fingerprint density at radius 3 is 2.58 bits per heavy atom. The van der Waals surface area contributed by atoms with Crippen LogP contribution in [0.15, 0.2) is 24.3 Å². The van der Waals surface area contributed by atoms with Gasteiger partial charge < -0.3 is 20.3 Å². The van der Waals surface area contributed by atoms with Crippen molar-refractivity contribution in [2.24, 2.45) is 0 Å². The van der Waals surface area contributed by atoms with Crippen LogP contribution < -0.4 is 10.6 Å². The lowest BCUT2D eigenvalue weighted by Crippen LogP contribution is -2.51. The number of hydrogen-bond donors (Lipinski definition) is 2. The first-order valence-electron chi connectivity index (χ1n) is 8.69. The van der Waals surface area contributed by atoms with Gasteiger partial charge in [-0.15, -0.1) is 12.4 Å². The van der Waals surface area contributed by atoms with Crippen molar-refractivity contribution in [1.29, 1.82) is 0 Å². The molecular weight excluding hydrogens is 374 g/mol. The van der Waals surface area contributed by atoms with Gasteiger partial charge in [-0.05, 0) is 44.1 Å². The Morgan fingerprint density at radius 1 is 1.23 bits per heavy atom. The van der Waals surface area contributed by atoms with E-state index >= 15 is 0 Å². The summed E-state index contributed by atoms with van der Waals surface area (Å²) in [5.74, 6) is 1.84. The van der Waals surface area contributed by atoms with Crippen LogP contribution in [0.5, 0.6) is 0 Å². The van der Waals surface area contributed by atoms with Gasteiger partial charge in [0.25, 0.3) is 11.8 Å². The van der Waals surface area contributed by atoms with E-state index in [-0.39, 0.29) is 24.2 Å². The molecule has 2 aliphatic heterocycles. The molecule has 1 aromatic carbocycles. The van der Waals surface area contributed by atoms with E-state index in [1.54, 1.807) is 19.2 Å². The number of rotatable bonds is 4. The number of halogens is 1. The summed E-state index contributed by atoms with van der Waals surface area (Å²) in [7, 11) is 1.58. The second kappa shape index (κ2) is 9.60. The van der Waals surface area contributed by atoms with Crippen LogP contribution in [0.1, 0.15) is 23.2 Å². The average molecular weight is 400 g/mol. The number of thioether (sulfide) groups is 1. The van der Waals surface area contributed by atoms with Crippen LogP contribution in [0.2, 0.25) is 0 Å². The van der Waals surface area contributed by atoms with Gasteiger partial charge in [-0.1, -0.05) is 6.07 Å². The summed E-state index contributed by atoms with van der Waals surface area (Å²) < 4.78 is 5.56. The van der Waals surface area contributed by atoms with Crippen LogP contribution >= 0.6 is 24.2 Å². The minimum atomic E-state index is -0.796. The van der Waals surface area contributed by atoms with E-state index in [0.717, 1.165) is 37.7 Å². The number of methoxy groups -OCH3 is 1. The van der Waals surface area contributed by atoms with Crippen molar-refractivity contribution < 1.29 is 14.3 Å². The molecule has 0 spiro atoms. The highest BCUT2D eigenvalue weighted by Crippen LogP contribution is 2.25. The summed E-state index contributed by atoms with van der Waals surface area (Å²) in [6, 6.07) is 7.18. The lowest BCUT2D eigenvalue weighted by Gasteiger charge is -2.34. The molecule has 2 aliphatic rings. The molecular formula is C18H26ClN3O3S. The highest BCUT2D eigenvalue weighted by Gasteiger charge is 2.39. The van der Waals surface area contributed by atoms with Gasteiger partial charge in [-0.25, -0.2) is 0 Å². The summed E-state index contributed by atoms with van der Waals surface area (Å²) in [5.41, 5.74) is 0.452. The molecule has 2 fully saturated rings. The highest BCUT2D eigenvalue weighted by atomic mass is 35.5. The van der Waals surface area contributed by atoms with E-state index in [2.05, 4.69) is 10.6 Å². The summed E-state index contributed by atoms with van der Waals surface area (Å²) in [5, 5.41) is 6.18. The van der Waals surface area contributed by atoms with Gasteiger partial charge >= 0.3 is 0 Å². The minimum absolute atomic E-state index is 0. The van der Waals surface area contributed by atoms with Crippen molar-refractivity contribution in [3.63, 3.8) is 0 Å². The quantitative estimate of drug-likeness (QED) is 0.810. The lowest BCUT2D eigenvalue weighted by atomic mass is 9.91. The van der Waals surface area contributed by atoms with Crippen molar-refractivity contribution in [3.8, 4) is 0 Å². The molecule has 0 atom stereocenters. The Morgan fingerprint density at radius 2 is 1.92 bits per heavy atom. The number of nitrogens with one attached hydrogen (secondary N) is 2. The largest absolute Gasteiger partial charge is 0.368 e. The topological polar surface area (TPSA) is 70.7 Å². The summed E-state index contributed by atoms with van der Waals surface area (Å²) in [6.45, 7) is 3.07. The summed E-state index contributed by atoms with van der Waals surface area (Å²) in [6.07, 6.45) is 1.28. The average Bonchev–Trinajstić information content (AvgIpc) is 2.68. The number of hydrogen-bond acceptors (Lipinski definition) is 5. The molecule has 0 aromatic heterocycles. The Labute approximate surface area is 164 Å². The SMILES string of the molecule is COC1(C(=O)Nc2cccc(C(=O)N3CCSCC3)c2)CCNCC1.Cl. The summed E-state index contributed by atoms with van der Waals surface area (Å²) in [4.78, 5) is 27.2. The van der Waals surface area contributed by atoms with E-state index in [1.165, 1.54) is 0 Å². The van der Waals surface area contributed by atoms with Crippen LogP contribution in [0, 0.1) is 0 Å². The fraction of sp³-hybridized carbons (Fsp3) is 0.556. The normalized spacial score (nSPS) is 19.3. The first-order valence-corrected chi connectivity index (χ1v) is 9.84. The molecule has 1 aromatic rings. The molecule has 0 unspecified atom stereocenters. The molecule has 2 N–H and O–H groups in total. The zero-order valence-electron chi connectivity index (χ0n) is 15.0. The molecule has 6 nitrogen and oxygen atoms in total. The van der Waals surface area contributed by atoms with Crippen LogP contribution in [0.3, 0.4) is 0 Å². The monoisotopic (exact) mass is 399 g/mol. The van der Waals surface area contributed by atoms with Gasteiger partial charge in [-0.3, -0.25) is 9.59 Å². The third kappa shape index (κ3) is 4.71. The third-order valence-corrected chi connectivity index (χ3v) is 5.82. The highest BCUT2D eigenvalue weighted by molar-refractivity contribution is 7.99. The van der Waals surface area contributed by atoms with Crippen LogP contribution in [-0.4, -0.2) is 67.1 Å². The number of carbonyl (C=O) groups excluding carboxylic acids is 2. The second-order valence-electron chi connectivity index (χ2n) is 6.39. The summed E-state index contributed by atoms with van der Waals surface area (Å²) >= 11 is 1.87. The molecule has 3 rings (SSSR count). The number of nitrogens with zero attached hydrogens (tertiary/aromatic N) is 1. The first kappa shape index (κ1) is 21.0. The van der Waals surface area contributed by atoms with E-state index in [0.29, 0.717) is 24.1 Å². The molecule has 0 bridgehead atoms. The number of benzene rings is 1. The Balaban J connectivity index is 0.00000243. The Bertz CT molecular complexity index is 632. The first-order chi connectivity index (χ1) is 12.1. The standard InChI is InChI=1S/C18H25N3O3S.ClH/c1-24-18(5-7-19-8-6-18)17(23)20-15-4-2-3-14(13-15)16(22)21-9-11-25-12-10-21;/h2-4,13,19H,5-12H2,1H3,(H,20,23);1H. The van der Waals surface area contributed by atoms with E-state index < -0.39 is 5.60 Å². The van der Waals surface area contributed by atoms with Crippen LogP contribution in [0.25, 0.3) is 0 Å².